The molecular weight excluding hydrogens is 328 g/mol. The van der Waals surface area contributed by atoms with Crippen LogP contribution in [-0.2, 0) is 0 Å². The normalized spacial score (nSPS) is 10.5. The van der Waals surface area contributed by atoms with E-state index in [2.05, 4.69) is 76.0 Å². The molecule has 0 unspecified atom stereocenters. The van der Waals surface area contributed by atoms with Crippen molar-refractivity contribution < 1.29 is 0 Å². The predicted octanol–water partition coefficient (Wildman–Crippen LogP) is 5.50. The predicted molar refractivity (Wildman–Crippen MR) is 76.8 cm³/mol. The first kappa shape index (κ1) is 11.9. The Morgan fingerprint density at radius 3 is 2.31 bits per heavy atom. The summed E-state index contributed by atoms with van der Waals surface area (Å²) in [6.07, 6.45) is 0. The molecule has 0 aliphatic carbocycles. The molecule has 0 saturated carbocycles. The van der Waals surface area contributed by atoms with E-state index in [1.807, 2.05) is 6.07 Å². The van der Waals surface area contributed by atoms with Gasteiger partial charge in [-0.15, -0.1) is 0 Å². The highest BCUT2D eigenvalue weighted by Crippen LogP contribution is 2.33. The number of hydrogen-bond donors (Lipinski definition) is 0. The summed E-state index contributed by atoms with van der Waals surface area (Å²) in [4.78, 5) is 0. The minimum absolute atomic E-state index is 1.10. The zero-order chi connectivity index (χ0) is 11.7. The van der Waals surface area contributed by atoms with Crippen molar-refractivity contribution in [2.45, 2.75) is 13.8 Å². The van der Waals surface area contributed by atoms with Gasteiger partial charge in [-0.2, -0.15) is 0 Å². The lowest BCUT2D eigenvalue weighted by Crippen LogP contribution is -1.86. The minimum Gasteiger partial charge on any atom is -0.0590 e. The molecule has 0 aliphatic rings. The molecule has 0 spiro atoms. The number of hydrogen-bond acceptors (Lipinski definition) is 0. The van der Waals surface area contributed by atoms with E-state index in [1.165, 1.54) is 22.3 Å². The molecular formula is C14H12Br2. The first-order valence-corrected chi connectivity index (χ1v) is 6.69. The lowest BCUT2D eigenvalue weighted by molar-refractivity contribution is 1.38. The van der Waals surface area contributed by atoms with Crippen molar-refractivity contribution in [3.05, 3.63) is 56.5 Å². The third-order valence-corrected chi connectivity index (χ3v) is 3.80. The van der Waals surface area contributed by atoms with Crippen LogP contribution in [0, 0.1) is 13.8 Å². The van der Waals surface area contributed by atoms with Gasteiger partial charge in [0.1, 0.15) is 0 Å². The van der Waals surface area contributed by atoms with Gasteiger partial charge in [-0.1, -0.05) is 55.6 Å². The molecule has 0 atom stereocenters. The smallest absolute Gasteiger partial charge is 0.0254 e. The number of halogens is 2. The second kappa shape index (κ2) is 4.72. The topological polar surface area (TPSA) is 0 Å². The average Bonchev–Trinajstić information content (AvgIpc) is 2.25. The van der Waals surface area contributed by atoms with Crippen LogP contribution in [0.5, 0.6) is 0 Å². The van der Waals surface area contributed by atoms with E-state index in [-0.39, 0.29) is 0 Å². The Morgan fingerprint density at radius 2 is 1.56 bits per heavy atom. The molecule has 0 fully saturated rings. The largest absolute Gasteiger partial charge is 0.0590 e. The molecule has 2 aromatic rings. The van der Waals surface area contributed by atoms with Crippen molar-refractivity contribution in [3.8, 4) is 11.1 Å². The van der Waals surface area contributed by atoms with E-state index < -0.39 is 0 Å². The monoisotopic (exact) mass is 338 g/mol. The SMILES string of the molecule is Cc1ccc(C)c(-c2cc(Br)ccc2Br)c1. The molecule has 0 heterocycles. The number of rotatable bonds is 1. The Morgan fingerprint density at radius 1 is 0.812 bits per heavy atom. The van der Waals surface area contributed by atoms with Crippen LogP contribution < -0.4 is 0 Å². The molecule has 0 amide bonds. The van der Waals surface area contributed by atoms with Crippen molar-refractivity contribution in [2.24, 2.45) is 0 Å². The third kappa shape index (κ3) is 2.38. The second-order valence-electron chi connectivity index (χ2n) is 3.94. The van der Waals surface area contributed by atoms with Gasteiger partial charge < -0.3 is 0 Å². The highest BCUT2D eigenvalue weighted by atomic mass is 79.9. The molecule has 0 bridgehead atoms. The van der Waals surface area contributed by atoms with Gasteiger partial charge in [0.15, 0.2) is 0 Å². The Kier molecular flexibility index (Phi) is 3.50. The molecule has 82 valence electrons. The molecule has 0 radical (unpaired) electrons. The summed E-state index contributed by atoms with van der Waals surface area (Å²) < 4.78 is 2.23. The van der Waals surface area contributed by atoms with Crippen molar-refractivity contribution in [1.82, 2.24) is 0 Å². The van der Waals surface area contributed by atoms with Crippen molar-refractivity contribution >= 4 is 31.9 Å². The van der Waals surface area contributed by atoms with Gasteiger partial charge in [0.2, 0.25) is 0 Å². The summed E-state index contributed by atoms with van der Waals surface area (Å²) in [7, 11) is 0. The number of benzene rings is 2. The maximum atomic E-state index is 3.61. The van der Waals surface area contributed by atoms with Crippen LogP contribution in [-0.4, -0.2) is 0 Å². The van der Waals surface area contributed by atoms with Crippen LogP contribution in [0.15, 0.2) is 45.3 Å². The van der Waals surface area contributed by atoms with Crippen molar-refractivity contribution in [3.63, 3.8) is 0 Å². The Bertz CT molecular complexity index is 481. The van der Waals surface area contributed by atoms with Crippen LogP contribution in [0.1, 0.15) is 11.1 Å². The molecule has 0 aliphatic heterocycles. The van der Waals surface area contributed by atoms with Gasteiger partial charge in [0.25, 0.3) is 0 Å². The molecule has 0 nitrogen and oxygen atoms in total. The molecule has 0 N–H and O–H groups in total. The fourth-order valence-electron chi connectivity index (χ4n) is 1.73. The standard InChI is InChI=1S/C14H12Br2/c1-9-3-4-10(2)12(7-9)13-8-11(15)5-6-14(13)16/h3-8H,1-2H3. The zero-order valence-corrected chi connectivity index (χ0v) is 12.4. The van der Waals surface area contributed by atoms with E-state index in [9.17, 15) is 0 Å². The fourth-order valence-corrected chi connectivity index (χ4v) is 2.55. The van der Waals surface area contributed by atoms with Crippen LogP contribution >= 0.6 is 31.9 Å². The molecule has 2 aromatic carbocycles. The number of aryl methyl sites for hydroxylation is 2. The molecule has 0 saturated heterocycles. The maximum absolute atomic E-state index is 3.61. The Hall–Kier alpha value is -0.600. The molecule has 2 rings (SSSR count). The van der Waals surface area contributed by atoms with Crippen molar-refractivity contribution in [1.29, 1.82) is 0 Å². The second-order valence-corrected chi connectivity index (χ2v) is 5.71. The summed E-state index contributed by atoms with van der Waals surface area (Å²) in [5.41, 5.74) is 5.10. The molecule has 2 heteroatoms. The first-order chi connectivity index (χ1) is 7.58. The van der Waals surface area contributed by atoms with E-state index >= 15 is 0 Å². The van der Waals surface area contributed by atoms with Crippen LogP contribution in [0.25, 0.3) is 11.1 Å². The summed E-state index contributed by atoms with van der Waals surface area (Å²) in [6, 6.07) is 12.8. The summed E-state index contributed by atoms with van der Waals surface area (Å²) >= 11 is 7.12. The highest BCUT2D eigenvalue weighted by Gasteiger charge is 2.06. The zero-order valence-electron chi connectivity index (χ0n) is 9.22. The van der Waals surface area contributed by atoms with Gasteiger partial charge in [0.05, 0.1) is 0 Å². The van der Waals surface area contributed by atoms with E-state index in [1.54, 1.807) is 0 Å². The Labute approximate surface area is 113 Å². The van der Waals surface area contributed by atoms with Crippen LogP contribution in [0.2, 0.25) is 0 Å². The minimum atomic E-state index is 1.10. The van der Waals surface area contributed by atoms with Gasteiger partial charge in [-0.25, -0.2) is 0 Å². The summed E-state index contributed by atoms with van der Waals surface area (Å²) in [5, 5.41) is 0. The van der Waals surface area contributed by atoms with Gasteiger partial charge in [-0.3, -0.25) is 0 Å². The first-order valence-electron chi connectivity index (χ1n) is 5.10. The molecule has 0 aromatic heterocycles. The van der Waals surface area contributed by atoms with E-state index in [0.29, 0.717) is 0 Å². The summed E-state index contributed by atoms with van der Waals surface area (Å²) in [5.74, 6) is 0. The van der Waals surface area contributed by atoms with Gasteiger partial charge in [0, 0.05) is 8.95 Å². The Balaban J connectivity index is 2.66. The van der Waals surface area contributed by atoms with Gasteiger partial charge in [-0.05, 0) is 48.7 Å². The van der Waals surface area contributed by atoms with Crippen LogP contribution in [0.4, 0.5) is 0 Å². The third-order valence-electron chi connectivity index (χ3n) is 2.61. The summed E-state index contributed by atoms with van der Waals surface area (Å²) in [6.45, 7) is 4.26. The fraction of sp³-hybridized carbons (Fsp3) is 0.143. The quantitative estimate of drug-likeness (QED) is 0.644. The molecule has 16 heavy (non-hydrogen) atoms. The maximum Gasteiger partial charge on any atom is 0.0254 e. The lowest BCUT2D eigenvalue weighted by Gasteiger charge is -2.10. The van der Waals surface area contributed by atoms with Crippen LogP contribution in [0.3, 0.4) is 0 Å². The van der Waals surface area contributed by atoms with E-state index in [0.717, 1.165) is 8.95 Å². The highest BCUT2D eigenvalue weighted by molar-refractivity contribution is 9.11. The lowest BCUT2D eigenvalue weighted by atomic mass is 9.99. The van der Waals surface area contributed by atoms with E-state index in [4.69, 9.17) is 0 Å². The average molecular weight is 340 g/mol. The van der Waals surface area contributed by atoms with Gasteiger partial charge >= 0.3 is 0 Å². The van der Waals surface area contributed by atoms with Crippen molar-refractivity contribution in [2.75, 3.05) is 0 Å².